The van der Waals surface area contributed by atoms with Gasteiger partial charge >= 0.3 is 0 Å². The molecule has 0 unspecified atom stereocenters. The number of hydrogen-bond donors (Lipinski definition) is 0. The van der Waals surface area contributed by atoms with Crippen molar-refractivity contribution in [2.75, 3.05) is 0 Å². The predicted octanol–water partition coefficient (Wildman–Crippen LogP) is 6.24. The lowest BCUT2D eigenvalue weighted by Crippen LogP contribution is -2.06. The summed E-state index contributed by atoms with van der Waals surface area (Å²) in [6.45, 7) is 0. The second-order valence-corrected chi connectivity index (χ2v) is 7.62. The Balaban J connectivity index is 1.59. The quantitative estimate of drug-likeness (QED) is 0.669. The number of pyridine rings is 2. The summed E-state index contributed by atoms with van der Waals surface area (Å²) in [5.74, 6) is 1.45. The van der Waals surface area contributed by atoms with E-state index in [1.807, 2.05) is 12.4 Å². The summed E-state index contributed by atoms with van der Waals surface area (Å²) >= 11 is 0. The summed E-state index contributed by atoms with van der Waals surface area (Å²) in [4.78, 5) is 9.26. The van der Waals surface area contributed by atoms with Gasteiger partial charge in [0.2, 0.25) is 0 Å². The van der Waals surface area contributed by atoms with Gasteiger partial charge in [-0.15, -0.1) is 0 Å². The van der Waals surface area contributed by atoms with Crippen LogP contribution in [-0.4, -0.2) is 9.97 Å². The summed E-state index contributed by atoms with van der Waals surface area (Å²) in [7, 11) is 0. The topological polar surface area (TPSA) is 25.8 Å². The second kappa shape index (κ2) is 7.46. The third-order valence-corrected chi connectivity index (χ3v) is 5.98. The van der Waals surface area contributed by atoms with Crippen LogP contribution < -0.4 is 0 Å². The highest BCUT2D eigenvalue weighted by atomic mass is 14.8. The Bertz CT molecular complexity index is 608. The molecule has 0 aliphatic heterocycles. The second-order valence-electron chi connectivity index (χ2n) is 7.62. The molecule has 0 radical (unpaired) electrons. The van der Waals surface area contributed by atoms with E-state index in [-0.39, 0.29) is 0 Å². The third-order valence-electron chi connectivity index (χ3n) is 5.98. The van der Waals surface area contributed by atoms with E-state index in [4.69, 9.17) is 0 Å². The Labute approximate surface area is 145 Å². The van der Waals surface area contributed by atoms with Gasteiger partial charge in [0.15, 0.2) is 0 Å². The van der Waals surface area contributed by atoms with Crippen molar-refractivity contribution >= 4 is 0 Å². The standard InChI is InChI=1S/C22H28N2/c1-3-7-17(8-4-1)19-11-13-23-21(15-19)22-16-20(12-14-24-22)18-9-5-2-6-10-18/h11-18H,1-10H2. The van der Waals surface area contributed by atoms with Gasteiger partial charge in [0, 0.05) is 12.4 Å². The van der Waals surface area contributed by atoms with E-state index in [2.05, 4.69) is 34.2 Å². The average Bonchev–Trinajstić information content (AvgIpc) is 2.70. The van der Waals surface area contributed by atoms with Gasteiger partial charge in [0.25, 0.3) is 0 Å². The van der Waals surface area contributed by atoms with E-state index in [0.717, 1.165) is 23.2 Å². The van der Waals surface area contributed by atoms with E-state index in [0.29, 0.717) is 0 Å². The molecule has 0 bridgehead atoms. The first-order chi connectivity index (χ1) is 11.9. The summed E-state index contributed by atoms with van der Waals surface area (Å²) in [5.41, 5.74) is 5.03. The number of aromatic nitrogens is 2. The Kier molecular flexibility index (Phi) is 4.91. The molecule has 0 atom stereocenters. The van der Waals surface area contributed by atoms with Crippen molar-refractivity contribution < 1.29 is 0 Å². The predicted molar refractivity (Wildman–Crippen MR) is 99.1 cm³/mol. The Hall–Kier alpha value is -1.70. The molecule has 2 aliphatic carbocycles. The van der Waals surface area contributed by atoms with Crippen LogP contribution in [-0.2, 0) is 0 Å². The lowest BCUT2D eigenvalue weighted by molar-refractivity contribution is 0.443. The van der Waals surface area contributed by atoms with Gasteiger partial charge in [-0.05, 0) is 72.9 Å². The third kappa shape index (κ3) is 3.53. The molecule has 2 aromatic rings. The molecule has 24 heavy (non-hydrogen) atoms. The lowest BCUT2D eigenvalue weighted by Gasteiger charge is -2.23. The van der Waals surface area contributed by atoms with Crippen LogP contribution in [0.1, 0.15) is 87.2 Å². The average molecular weight is 320 g/mol. The first-order valence-electron chi connectivity index (χ1n) is 9.82. The maximum absolute atomic E-state index is 4.63. The molecule has 2 aromatic heterocycles. The van der Waals surface area contributed by atoms with E-state index in [9.17, 15) is 0 Å². The molecule has 4 rings (SSSR count). The first-order valence-corrected chi connectivity index (χ1v) is 9.82. The first kappa shape index (κ1) is 15.8. The fourth-order valence-corrected chi connectivity index (χ4v) is 4.55. The van der Waals surface area contributed by atoms with Crippen LogP contribution in [0, 0.1) is 0 Å². The van der Waals surface area contributed by atoms with Crippen molar-refractivity contribution in [2.24, 2.45) is 0 Å². The van der Waals surface area contributed by atoms with E-state index in [1.165, 1.54) is 75.3 Å². The molecule has 0 aromatic carbocycles. The van der Waals surface area contributed by atoms with Crippen LogP contribution in [0.15, 0.2) is 36.7 Å². The minimum absolute atomic E-state index is 0.724. The van der Waals surface area contributed by atoms with Gasteiger partial charge < -0.3 is 0 Å². The normalized spacial score (nSPS) is 20.2. The van der Waals surface area contributed by atoms with E-state index >= 15 is 0 Å². The zero-order valence-corrected chi connectivity index (χ0v) is 14.6. The smallest absolute Gasteiger partial charge is 0.0889 e. The van der Waals surface area contributed by atoms with Gasteiger partial charge in [-0.3, -0.25) is 9.97 Å². The highest BCUT2D eigenvalue weighted by Gasteiger charge is 2.18. The largest absolute Gasteiger partial charge is 0.255 e. The molecule has 2 fully saturated rings. The SMILES string of the molecule is c1cc(C2CCCCC2)cc(-c2cc(C3CCCCC3)ccn2)n1. The van der Waals surface area contributed by atoms with Gasteiger partial charge in [-0.25, -0.2) is 0 Å². The summed E-state index contributed by atoms with van der Waals surface area (Å²) in [6, 6.07) is 9.01. The zero-order chi connectivity index (χ0) is 16.2. The number of hydrogen-bond acceptors (Lipinski definition) is 2. The van der Waals surface area contributed by atoms with Crippen molar-refractivity contribution in [3.63, 3.8) is 0 Å². The van der Waals surface area contributed by atoms with Crippen molar-refractivity contribution in [1.82, 2.24) is 9.97 Å². The van der Waals surface area contributed by atoms with Crippen LogP contribution >= 0.6 is 0 Å². The van der Waals surface area contributed by atoms with E-state index < -0.39 is 0 Å². The van der Waals surface area contributed by atoms with Crippen LogP contribution in [0.5, 0.6) is 0 Å². The van der Waals surface area contributed by atoms with Crippen molar-refractivity contribution in [3.8, 4) is 11.4 Å². The maximum Gasteiger partial charge on any atom is 0.0889 e. The monoisotopic (exact) mass is 320 g/mol. The molecule has 2 heteroatoms. The summed E-state index contributed by atoms with van der Waals surface area (Å²) < 4.78 is 0. The van der Waals surface area contributed by atoms with Crippen molar-refractivity contribution in [3.05, 3.63) is 47.8 Å². The van der Waals surface area contributed by atoms with Gasteiger partial charge in [-0.1, -0.05) is 38.5 Å². The fourth-order valence-electron chi connectivity index (χ4n) is 4.55. The Morgan fingerprint density at radius 3 is 1.42 bits per heavy atom. The minimum atomic E-state index is 0.724. The highest BCUT2D eigenvalue weighted by Crippen LogP contribution is 2.35. The molecule has 0 saturated heterocycles. The molecule has 0 N–H and O–H groups in total. The molecule has 2 aliphatic rings. The van der Waals surface area contributed by atoms with Crippen molar-refractivity contribution in [1.29, 1.82) is 0 Å². The van der Waals surface area contributed by atoms with Gasteiger partial charge in [-0.2, -0.15) is 0 Å². The van der Waals surface area contributed by atoms with Gasteiger partial charge in [0.05, 0.1) is 11.4 Å². The van der Waals surface area contributed by atoms with Crippen LogP contribution in [0.2, 0.25) is 0 Å². The molecule has 2 heterocycles. The van der Waals surface area contributed by atoms with Crippen LogP contribution in [0.3, 0.4) is 0 Å². The Morgan fingerprint density at radius 2 is 1.00 bits per heavy atom. The molecule has 2 saturated carbocycles. The molecular weight excluding hydrogens is 292 g/mol. The van der Waals surface area contributed by atoms with Gasteiger partial charge in [0.1, 0.15) is 0 Å². The molecule has 0 amide bonds. The Morgan fingerprint density at radius 1 is 0.583 bits per heavy atom. The summed E-state index contributed by atoms with van der Waals surface area (Å²) in [5, 5.41) is 0. The highest BCUT2D eigenvalue weighted by molar-refractivity contribution is 5.56. The fraction of sp³-hybridized carbons (Fsp3) is 0.545. The molecule has 0 spiro atoms. The van der Waals surface area contributed by atoms with Crippen molar-refractivity contribution in [2.45, 2.75) is 76.0 Å². The molecule has 2 nitrogen and oxygen atoms in total. The lowest BCUT2D eigenvalue weighted by atomic mass is 9.83. The maximum atomic E-state index is 4.63. The van der Waals surface area contributed by atoms with Crippen LogP contribution in [0.25, 0.3) is 11.4 Å². The van der Waals surface area contributed by atoms with Crippen LogP contribution in [0.4, 0.5) is 0 Å². The van der Waals surface area contributed by atoms with E-state index in [1.54, 1.807) is 0 Å². The molecular formula is C22H28N2. The number of nitrogens with zero attached hydrogens (tertiary/aromatic N) is 2. The zero-order valence-electron chi connectivity index (χ0n) is 14.6. The molecule has 126 valence electrons. The number of rotatable bonds is 3. The minimum Gasteiger partial charge on any atom is -0.255 e. The summed E-state index contributed by atoms with van der Waals surface area (Å²) in [6.07, 6.45) is 17.6.